The van der Waals surface area contributed by atoms with Crippen molar-refractivity contribution in [2.24, 2.45) is 17.9 Å². The average molecular weight is 289 g/mol. The molecule has 2 aromatic rings. The van der Waals surface area contributed by atoms with Gasteiger partial charge in [0.1, 0.15) is 0 Å². The maximum absolute atomic E-state index is 11.6. The highest BCUT2D eigenvalue weighted by molar-refractivity contribution is 5.98. The first-order valence-electron chi connectivity index (χ1n) is 5.75. The van der Waals surface area contributed by atoms with Crippen LogP contribution in [-0.2, 0) is 11.9 Å². The van der Waals surface area contributed by atoms with E-state index < -0.39 is 10.9 Å². The Hall–Kier alpha value is -3.23. The van der Waals surface area contributed by atoms with Crippen LogP contribution in [0.15, 0.2) is 41.8 Å². The molecule has 0 amide bonds. The van der Waals surface area contributed by atoms with Crippen molar-refractivity contribution in [1.82, 2.24) is 9.78 Å². The van der Waals surface area contributed by atoms with Crippen molar-refractivity contribution in [3.63, 3.8) is 0 Å². The van der Waals surface area contributed by atoms with E-state index in [9.17, 15) is 14.9 Å². The van der Waals surface area contributed by atoms with Gasteiger partial charge in [-0.15, -0.1) is 0 Å². The van der Waals surface area contributed by atoms with Gasteiger partial charge in [0.25, 0.3) is 5.69 Å². The van der Waals surface area contributed by atoms with E-state index in [0.717, 1.165) is 0 Å². The molecular formula is C12H11N5O4. The predicted molar refractivity (Wildman–Crippen MR) is 72.4 cm³/mol. The van der Waals surface area contributed by atoms with Crippen molar-refractivity contribution in [3.05, 3.63) is 57.9 Å². The number of amidine groups is 1. The summed E-state index contributed by atoms with van der Waals surface area (Å²) in [5.74, 6) is -0.768. The van der Waals surface area contributed by atoms with Crippen LogP contribution in [0.2, 0.25) is 0 Å². The van der Waals surface area contributed by atoms with Crippen LogP contribution >= 0.6 is 0 Å². The number of carbonyl (C=O) groups is 1. The van der Waals surface area contributed by atoms with Gasteiger partial charge in [-0.05, 0) is 12.1 Å². The maximum atomic E-state index is 11.6. The van der Waals surface area contributed by atoms with Crippen LogP contribution in [0.4, 0.5) is 5.69 Å². The fraction of sp³-hybridized carbons (Fsp3) is 0.0833. The highest BCUT2D eigenvalue weighted by Gasteiger charge is 2.11. The van der Waals surface area contributed by atoms with E-state index in [1.165, 1.54) is 41.3 Å². The second kappa shape index (κ2) is 5.82. The molecule has 108 valence electrons. The minimum Gasteiger partial charge on any atom is -0.380 e. The fourth-order valence-corrected chi connectivity index (χ4v) is 1.48. The normalized spacial score (nSPS) is 11.2. The zero-order valence-corrected chi connectivity index (χ0v) is 11.0. The lowest BCUT2D eigenvalue weighted by Crippen LogP contribution is -2.15. The Bertz CT molecular complexity index is 705. The van der Waals surface area contributed by atoms with Gasteiger partial charge in [-0.25, -0.2) is 4.79 Å². The summed E-state index contributed by atoms with van der Waals surface area (Å²) in [5, 5.41) is 17.8. The molecule has 0 fully saturated rings. The van der Waals surface area contributed by atoms with E-state index in [1.807, 2.05) is 0 Å². The monoisotopic (exact) mass is 289 g/mol. The standard InChI is InChI=1S/C12H11N5O4/c1-16-7-9(6-14-16)12(18)21-15-11(13)8-2-4-10(5-3-8)17(19)20/h2-7H,1H3,(H2,13,15). The molecule has 0 radical (unpaired) electrons. The van der Waals surface area contributed by atoms with E-state index in [2.05, 4.69) is 15.1 Å². The van der Waals surface area contributed by atoms with E-state index in [0.29, 0.717) is 5.56 Å². The Morgan fingerprint density at radius 3 is 2.57 bits per heavy atom. The maximum Gasteiger partial charge on any atom is 0.368 e. The SMILES string of the molecule is Cn1cc(C(=O)O/N=C(\N)c2ccc([N+](=O)[O-])cc2)cn1. The van der Waals surface area contributed by atoms with Gasteiger partial charge in [0.05, 0.1) is 16.7 Å². The Kier molecular flexibility index (Phi) is 3.93. The summed E-state index contributed by atoms with van der Waals surface area (Å²) in [5.41, 5.74) is 6.20. The summed E-state index contributed by atoms with van der Waals surface area (Å²) in [4.78, 5) is 26.3. The van der Waals surface area contributed by atoms with Crippen molar-refractivity contribution in [1.29, 1.82) is 0 Å². The topological polar surface area (TPSA) is 126 Å². The fourth-order valence-electron chi connectivity index (χ4n) is 1.48. The molecule has 2 rings (SSSR count). The molecule has 0 aliphatic carbocycles. The van der Waals surface area contributed by atoms with Crippen molar-refractivity contribution >= 4 is 17.5 Å². The summed E-state index contributed by atoms with van der Waals surface area (Å²) in [6, 6.07) is 5.38. The first-order chi connectivity index (χ1) is 9.97. The van der Waals surface area contributed by atoms with Crippen LogP contribution in [0.3, 0.4) is 0 Å². The summed E-state index contributed by atoms with van der Waals surface area (Å²) in [6.07, 6.45) is 2.81. The third-order valence-corrected chi connectivity index (χ3v) is 2.54. The van der Waals surface area contributed by atoms with Gasteiger partial charge >= 0.3 is 5.97 Å². The van der Waals surface area contributed by atoms with Gasteiger partial charge in [0.2, 0.25) is 0 Å². The first kappa shape index (κ1) is 14.2. The number of non-ortho nitro benzene ring substituents is 1. The quantitative estimate of drug-likeness (QED) is 0.292. The number of hydrogen-bond acceptors (Lipinski definition) is 6. The molecule has 1 aromatic carbocycles. The van der Waals surface area contributed by atoms with Gasteiger partial charge in [-0.2, -0.15) is 5.10 Å². The number of nitrogens with two attached hydrogens (primary N) is 1. The van der Waals surface area contributed by atoms with Crippen molar-refractivity contribution < 1.29 is 14.6 Å². The number of nitro benzene ring substituents is 1. The number of benzene rings is 1. The minimum atomic E-state index is -0.701. The summed E-state index contributed by atoms with van der Waals surface area (Å²) in [6.45, 7) is 0. The van der Waals surface area contributed by atoms with Crippen molar-refractivity contribution in [2.75, 3.05) is 0 Å². The van der Waals surface area contributed by atoms with E-state index >= 15 is 0 Å². The molecule has 0 bridgehead atoms. The number of nitrogens with zero attached hydrogens (tertiary/aromatic N) is 4. The summed E-state index contributed by atoms with van der Waals surface area (Å²) >= 11 is 0. The molecule has 0 aliphatic heterocycles. The van der Waals surface area contributed by atoms with Gasteiger partial charge in [0.15, 0.2) is 5.84 Å². The molecule has 0 unspecified atom stereocenters. The molecule has 9 nitrogen and oxygen atoms in total. The molecule has 1 aromatic heterocycles. The molecule has 0 saturated carbocycles. The zero-order chi connectivity index (χ0) is 15.4. The second-order valence-electron chi connectivity index (χ2n) is 4.06. The Morgan fingerprint density at radius 2 is 2.05 bits per heavy atom. The van der Waals surface area contributed by atoms with Crippen LogP contribution in [0.5, 0.6) is 0 Å². The largest absolute Gasteiger partial charge is 0.380 e. The van der Waals surface area contributed by atoms with Crippen LogP contribution in [0.1, 0.15) is 15.9 Å². The second-order valence-corrected chi connectivity index (χ2v) is 4.06. The molecule has 0 aliphatic rings. The predicted octanol–water partition coefficient (Wildman–Crippen LogP) is 0.806. The van der Waals surface area contributed by atoms with Gasteiger partial charge in [0, 0.05) is 30.9 Å². The zero-order valence-electron chi connectivity index (χ0n) is 11.0. The molecule has 0 saturated heterocycles. The Labute approximate surface area is 118 Å². The lowest BCUT2D eigenvalue weighted by atomic mass is 10.2. The van der Waals surface area contributed by atoms with Gasteiger partial charge < -0.3 is 10.6 Å². The van der Waals surface area contributed by atoms with Gasteiger partial charge in [-0.3, -0.25) is 14.8 Å². The molecule has 0 atom stereocenters. The first-order valence-corrected chi connectivity index (χ1v) is 5.75. The number of rotatable bonds is 4. The van der Waals surface area contributed by atoms with E-state index in [-0.39, 0.29) is 17.1 Å². The smallest absolute Gasteiger partial charge is 0.368 e. The van der Waals surface area contributed by atoms with Crippen LogP contribution < -0.4 is 5.73 Å². The minimum absolute atomic E-state index is 0.0675. The van der Waals surface area contributed by atoms with Crippen molar-refractivity contribution in [2.45, 2.75) is 0 Å². The molecular weight excluding hydrogens is 278 g/mol. The van der Waals surface area contributed by atoms with Crippen LogP contribution in [0.25, 0.3) is 0 Å². The molecule has 2 N–H and O–H groups in total. The number of nitro groups is 1. The highest BCUT2D eigenvalue weighted by Crippen LogP contribution is 2.11. The molecule has 1 heterocycles. The number of aromatic nitrogens is 2. The van der Waals surface area contributed by atoms with Crippen LogP contribution in [0, 0.1) is 10.1 Å². The summed E-state index contributed by atoms with van der Waals surface area (Å²) < 4.78 is 1.44. The Morgan fingerprint density at radius 1 is 1.38 bits per heavy atom. The lowest BCUT2D eigenvalue weighted by Gasteiger charge is -2.00. The Balaban J connectivity index is 2.07. The van der Waals surface area contributed by atoms with Crippen LogP contribution in [-0.4, -0.2) is 26.5 Å². The molecule has 0 spiro atoms. The number of carbonyl (C=O) groups excluding carboxylic acids is 1. The molecule has 21 heavy (non-hydrogen) atoms. The third-order valence-electron chi connectivity index (χ3n) is 2.54. The van der Waals surface area contributed by atoms with Gasteiger partial charge in [-0.1, -0.05) is 5.16 Å². The number of oxime groups is 1. The average Bonchev–Trinajstić information content (AvgIpc) is 2.91. The number of hydrogen-bond donors (Lipinski definition) is 1. The summed E-state index contributed by atoms with van der Waals surface area (Å²) in [7, 11) is 1.66. The van der Waals surface area contributed by atoms with E-state index in [4.69, 9.17) is 5.73 Å². The third kappa shape index (κ3) is 3.41. The lowest BCUT2D eigenvalue weighted by molar-refractivity contribution is -0.384. The number of aryl methyl sites for hydroxylation is 1. The van der Waals surface area contributed by atoms with Crippen molar-refractivity contribution in [3.8, 4) is 0 Å². The highest BCUT2D eigenvalue weighted by atomic mass is 16.7. The van der Waals surface area contributed by atoms with E-state index in [1.54, 1.807) is 7.05 Å². The molecule has 9 heteroatoms.